The zero-order valence-electron chi connectivity index (χ0n) is 13.0. The monoisotopic (exact) mass is 332 g/mol. The molecule has 0 amide bonds. The second kappa shape index (κ2) is 7.62. The number of hydrogen-bond acceptors (Lipinski definition) is 4. The molecule has 2 N–H and O–H groups in total. The van der Waals surface area contributed by atoms with E-state index < -0.39 is 0 Å². The molecule has 1 aliphatic heterocycles. The zero-order valence-corrected chi connectivity index (χ0v) is 13.8. The van der Waals surface area contributed by atoms with Gasteiger partial charge in [-0.3, -0.25) is 9.69 Å². The number of aromatic nitrogens is 2. The fourth-order valence-corrected chi connectivity index (χ4v) is 3.00. The predicted octanol–water partition coefficient (Wildman–Crippen LogP) is 3.02. The molecule has 122 valence electrons. The van der Waals surface area contributed by atoms with Crippen molar-refractivity contribution in [2.45, 2.75) is 32.4 Å². The molecule has 2 heterocycles. The van der Waals surface area contributed by atoms with Gasteiger partial charge >= 0.3 is 0 Å². The number of benzene rings is 1. The first-order valence-corrected chi connectivity index (χ1v) is 8.37. The summed E-state index contributed by atoms with van der Waals surface area (Å²) in [5.41, 5.74) is 2.65. The Morgan fingerprint density at radius 3 is 2.57 bits per heavy atom. The molecule has 0 bridgehead atoms. The van der Waals surface area contributed by atoms with Gasteiger partial charge in [0.1, 0.15) is 5.02 Å². The summed E-state index contributed by atoms with van der Waals surface area (Å²) in [5, 5.41) is 9.34. The minimum Gasteiger partial charge on any atom is -0.378 e. The summed E-state index contributed by atoms with van der Waals surface area (Å²) in [6.07, 6.45) is 5.51. The van der Waals surface area contributed by atoms with Gasteiger partial charge in [-0.15, -0.1) is 0 Å². The lowest BCUT2D eigenvalue weighted by atomic mass is 10.1. The molecular formula is C17H21ClN4O. The van der Waals surface area contributed by atoms with Gasteiger partial charge in [0, 0.05) is 13.1 Å². The van der Waals surface area contributed by atoms with Crippen LogP contribution in [0.5, 0.6) is 0 Å². The predicted molar refractivity (Wildman–Crippen MR) is 92.8 cm³/mol. The summed E-state index contributed by atoms with van der Waals surface area (Å²) in [6, 6.07) is 8.56. The Labute approximate surface area is 140 Å². The van der Waals surface area contributed by atoms with Crippen molar-refractivity contribution in [1.82, 2.24) is 15.1 Å². The molecule has 0 spiro atoms. The summed E-state index contributed by atoms with van der Waals surface area (Å²) in [7, 11) is 0. The first-order chi connectivity index (χ1) is 11.2. The Balaban J connectivity index is 1.57. The van der Waals surface area contributed by atoms with Crippen molar-refractivity contribution in [3.8, 4) is 0 Å². The van der Waals surface area contributed by atoms with Crippen molar-refractivity contribution in [3.05, 3.63) is 57.0 Å². The number of nitrogens with one attached hydrogen (secondary N) is 2. The number of nitrogens with zero attached hydrogens (tertiary/aromatic N) is 2. The van der Waals surface area contributed by atoms with Crippen LogP contribution in [0.1, 0.15) is 30.4 Å². The topological polar surface area (TPSA) is 61.0 Å². The van der Waals surface area contributed by atoms with E-state index in [-0.39, 0.29) is 10.6 Å². The van der Waals surface area contributed by atoms with Crippen LogP contribution in [0, 0.1) is 0 Å². The van der Waals surface area contributed by atoms with Gasteiger partial charge in [-0.25, -0.2) is 5.10 Å². The van der Waals surface area contributed by atoms with Crippen LogP contribution in [0.3, 0.4) is 0 Å². The minimum absolute atomic E-state index is 0.140. The van der Waals surface area contributed by atoms with Gasteiger partial charge < -0.3 is 5.32 Å². The van der Waals surface area contributed by atoms with Crippen LogP contribution < -0.4 is 10.9 Å². The molecule has 1 fully saturated rings. The maximum Gasteiger partial charge on any atom is 0.285 e. The second-order valence-electron chi connectivity index (χ2n) is 5.93. The first kappa shape index (κ1) is 16.0. The average molecular weight is 333 g/mol. The van der Waals surface area contributed by atoms with E-state index in [0.717, 1.165) is 12.1 Å². The summed E-state index contributed by atoms with van der Waals surface area (Å²) in [5.74, 6) is 0. The molecule has 1 aromatic carbocycles. The third kappa shape index (κ3) is 4.33. The summed E-state index contributed by atoms with van der Waals surface area (Å²) in [6.45, 7) is 4.04. The average Bonchev–Trinajstić information content (AvgIpc) is 2.58. The highest BCUT2D eigenvalue weighted by Crippen LogP contribution is 2.17. The fraction of sp³-hybridized carbons (Fsp3) is 0.412. The molecule has 0 saturated carbocycles. The number of aromatic amines is 1. The highest BCUT2D eigenvalue weighted by atomic mass is 35.5. The van der Waals surface area contributed by atoms with Gasteiger partial charge in [0.05, 0.1) is 11.9 Å². The largest absolute Gasteiger partial charge is 0.378 e. The Bertz CT molecular complexity index is 692. The molecule has 23 heavy (non-hydrogen) atoms. The quantitative estimate of drug-likeness (QED) is 0.883. The van der Waals surface area contributed by atoms with E-state index in [1.165, 1.54) is 44.1 Å². The summed E-state index contributed by atoms with van der Waals surface area (Å²) in [4.78, 5) is 13.9. The van der Waals surface area contributed by atoms with Crippen LogP contribution in [0.15, 0.2) is 35.3 Å². The van der Waals surface area contributed by atoms with E-state index in [9.17, 15) is 4.79 Å². The van der Waals surface area contributed by atoms with Crippen molar-refractivity contribution in [1.29, 1.82) is 0 Å². The molecule has 3 rings (SSSR count). The number of halogens is 1. The number of hydrogen-bond donors (Lipinski definition) is 2. The first-order valence-electron chi connectivity index (χ1n) is 7.99. The highest BCUT2D eigenvalue weighted by molar-refractivity contribution is 6.32. The maximum absolute atomic E-state index is 11.4. The van der Waals surface area contributed by atoms with E-state index in [1.54, 1.807) is 0 Å². The molecular weight excluding hydrogens is 312 g/mol. The van der Waals surface area contributed by atoms with Crippen LogP contribution in [0.2, 0.25) is 5.02 Å². The molecule has 1 saturated heterocycles. The van der Waals surface area contributed by atoms with E-state index in [1.807, 2.05) is 0 Å². The number of anilines is 1. The second-order valence-corrected chi connectivity index (χ2v) is 6.31. The van der Waals surface area contributed by atoms with Crippen molar-refractivity contribution < 1.29 is 0 Å². The molecule has 0 radical (unpaired) electrons. The Morgan fingerprint density at radius 2 is 1.83 bits per heavy atom. The van der Waals surface area contributed by atoms with Crippen molar-refractivity contribution >= 4 is 17.3 Å². The number of piperidine rings is 1. The van der Waals surface area contributed by atoms with Gasteiger partial charge in [-0.2, -0.15) is 5.10 Å². The zero-order chi connectivity index (χ0) is 16.1. The molecule has 1 aromatic heterocycles. The lowest BCUT2D eigenvalue weighted by Crippen LogP contribution is -2.29. The van der Waals surface area contributed by atoms with Gasteiger partial charge in [-0.1, -0.05) is 42.3 Å². The Hall–Kier alpha value is -1.85. The van der Waals surface area contributed by atoms with Crippen molar-refractivity contribution in [2.24, 2.45) is 0 Å². The SMILES string of the molecule is O=c1[nH]ncc(NCc2ccc(CN3CCCCC3)cc2)c1Cl. The van der Waals surface area contributed by atoms with Gasteiger partial charge in [0.2, 0.25) is 0 Å². The van der Waals surface area contributed by atoms with E-state index in [2.05, 4.69) is 44.7 Å². The lowest BCUT2D eigenvalue weighted by molar-refractivity contribution is 0.221. The van der Waals surface area contributed by atoms with Gasteiger partial charge in [0.15, 0.2) is 0 Å². The number of rotatable bonds is 5. The Morgan fingerprint density at radius 1 is 1.13 bits per heavy atom. The van der Waals surface area contributed by atoms with Crippen LogP contribution >= 0.6 is 11.6 Å². The molecule has 0 atom stereocenters. The number of likely N-dealkylation sites (tertiary alicyclic amines) is 1. The lowest BCUT2D eigenvalue weighted by Gasteiger charge is -2.26. The van der Waals surface area contributed by atoms with Crippen LogP contribution in [0.4, 0.5) is 5.69 Å². The van der Waals surface area contributed by atoms with Gasteiger partial charge in [-0.05, 0) is 37.1 Å². The molecule has 0 unspecified atom stereocenters. The molecule has 2 aromatic rings. The normalized spacial score (nSPS) is 15.5. The number of H-pyrrole nitrogens is 1. The van der Waals surface area contributed by atoms with E-state index in [4.69, 9.17) is 11.6 Å². The van der Waals surface area contributed by atoms with Crippen LogP contribution in [-0.4, -0.2) is 28.2 Å². The van der Waals surface area contributed by atoms with Crippen LogP contribution in [-0.2, 0) is 13.1 Å². The van der Waals surface area contributed by atoms with Gasteiger partial charge in [0.25, 0.3) is 5.56 Å². The standard InChI is InChI=1S/C17H21ClN4O/c18-16-15(11-20-21-17(16)23)19-10-13-4-6-14(7-5-13)12-22-8-2-1-3-9-22/h4-7,11H,1-3,8-10,12H2,(H2,19,21,23). The fourth-order valence-electron chi connectivity index (χ4n) is 2.84. The smallest absolute Gasteiger partial charge is 0.285 e. The highest BCUT2D eigenvalue weighted by Gasteiger charge is 2.10. The maximum atomic E-state index is 11.4. The van der Waals surface area contributed by atoms with E-state index in [0.29, 0.717) is 12.2 Å². The molecule has 1 aliphatic rings. The summed E-state index contributed by atoms with van der Waals surface area (Å²) < 4.78 is 0. The molecule has 0 aliphatic carbocycles. The Kier molecular flexibility index (Phi) is 5.31. The summed E-state index contributed by atoms with van der Waals surface area (Å²) >= 11 is 5.94. The third-order valence-electron chi connectivity index (χ3n) is 4.16. The molecule has 5 nitrogen and oxygen atoms in total. The third-order valence-corrected chi connectivity index (χ3v) is 4.53. The minimum atomic E-state index is -0.381. The molecule has 6 heteroatoms. The van der Waals surface area contributed by atoms with Crippen molar-refractivity contribution in [3.63, 3.8) is 0 Å². The van der Waals surface area contributed by atoms with Crippen LogP contribution in [0.25, 0.3) is 0 Å². The van der Waals surface area contributed by atoms with E-state index >= 15 is 0 Å². The van der Waals surface area contributed by atoms with Crippen molar-refractivity contribution in [2.75, 3.05) is 18.4 Å².